The molecule has 0 spiro atoms. The highest BCUT2D eigenvalue weighted by Gasteiger charge is 2.53. The van der Waals surface area contributed by atoms with Crippen LogP contribution in [0.1, 0.15) is 72.6 Å². The summed E-state index contributed by atoms with van der Waals surface area (Å²) in [4.78, 5) is 0. The SMILES string of the molecule is CC(C)OP(=O)(OC(C)C)C(F)(F)CCCCSCCCCCCO. The van der Waals surface area contributed by atoms with E-state index >= 15 is 0 Å². The summed E-state index contributed by atoms with van der Waals surface area (Å²) in [5, 5.41) is 8.68. The minimum absolute atomic E-state index is 0.242. The summed E-state index contributed by atoms with van der Waals surface area (Å²) in [6.45, 7) is 6.53. The summed E-state index contributed by atoms with van der Waals surface area (Å²) in [6.07, 6.45) is 3.34. The first-order valence-corrected chi connectivity index (χ1v) is 11.9. The minimum Gasteiger partial charge on any atom is -0.396 e. The monoisotopic (exact) mass is 404 g/mol. The first-order valence-electron chi connectivity index (χ1n) is 9.18. The topological polar surface area (TPSA) is 55.8 Å². The molecule has 0 atom stereocenters. The quantitative estimate of drug-likeness (QED) is 0.250. The van der Waals surface area contributed by atoms with Gasteiger partial charge < -0.3 is 14.2 Å². The number of alkyl halides is 2. The van der Waals surface area contributed by atoms with Crippen molar-refractivity contribution < 1.29 is 27.5 Å². The third-order valence-corrected chi connectivity index (χ3v) is 6.89. The first-order chi connectivity index (χ1) is 11.6. The van der Waals surface area contributed by atoms with Crippen LogP contribution in [0.2, 0.25) is 0 Å². The molecule has 0 unspecified atom stereocenters. The van der Waals surface area contributed by atoms with E-state index in [-0.39, 0.29) is 13.0 Å². The Labute approximate surface area is 156 Å². The van der Waals surface area contributed by atoms with Crippen molar-refractivity contribution in [1.29, 1.82) is 0 Å². The third kappa shape index (κ3) is 11.6. The Morgan fingerprint density at radius 3 is 1.88 bits per heavy atom. The molecule has 0 rings (SSSR count). The van der Waals surface area contributed by atoms with E-state index in [4.69, 9.17) is 14.2 Å². The fraction of sp³-hybridized carbons (Fsp3) is 1.00. The van der Waals surface area contributed by atoms with Gasteiger partial charge in [0.05, 0.1) is 12.2 Å². The van der Waals surface area contributed by atoms with Gasteiger partial charge >= 0.3 is 13.3 Å². The highest BCUT2D eigenvalue weighted by atomic mass is 32.2. The largest absolute Gasteiger partial charge is 0.400 e. The van der Waals surface area contributed by atoms with E-state index in [1.54, 1.807) is 39.5 Å². The average Bonchev–Trinajstić information content (AvgIpc) is 2.47. The van der Waals surface area contributed by atoms with E-state index in [1.165, 1.54) is 0 Å². The number of aliphatic hydroxyl groups excluding tert-OH is 1. The summed E-state index contributed by atoms with van der Waals surface area (Å²) < 4.78 is 51.4. The van der Waals surface area contributed by atoms with Gasteiger partial charge in [-0.25, -0.2) is 0 Å². The first kappa shape index (κ1) is 25.3. The number of unbranched alkanes of at least 4 members (excludes halogenated alkanes) is 4. The van der Waals surface area contributed by atoms with Crippen LogP contribution < -0.4 is 0 Å². The Morgan fingerprint density at radius 1 is 0.920 bits per heavy atom. The Kier molecular flexibility index (Phi) is 13.7. The lowest BCUT2D eigenvalue weighted by atomic mass is 10.2. The molecule has 0 radical (unpaired) electrons. The van der Waals surface area contributed by atoms with Crippen LogP contribution in [-0.2, 0) is 13.6 Å². The van der Waals surface area contributed by atoms with E-state index in [1.807, 2.05) is 0 Å². The van der Waals surface area contributed by atoms with Crippen LogP contribution in [-0.4, -0.2) is 41.1 Å². The van der Waals surface area contributed by atoms with Gasteiger partial charge in [-0.2, -0.15) is 20.5 Å². The number of halogens is 2. The smallest absolute Gasteiger partial charge is 0.396 e. The van der Waals surface area contributed by atoms with E-state index in [0.29, 0.717) is 6.42 Å². The van der Waals surface area contributed by atoms with Crippen molar-refractivity contribution >= 4 is 19.4 Å². The fourth-order valence-electron chi connectivity index (χ4n) is 2.18. The zero-order chi connectivity index (χ0) is 19.3. The molecule has 0 bridgehead atoms. The maximum absolute atomic E-state index is 14.4. The van der Waals surface area contributed by atoms with Gasteiger partial charge in [0.15, 0.2) is 0 Å². The lowest BCUT2D eigenvalue weighted by molar-refractivity contribution is 0.0126. The number of thioether (sulfide) groups is 1. The lowest BCUT2D eigenvalue weighted by Crippen LogP contribution is -2.24. The molecule has 4 nitrogen and oxygen atoms in total. The van der Waals surface area contributed by atoms with Crippen molar-refractivity contribution in [2.24, 2.45) is 0 Å². The number of rotatable bonds is 16. The van der Waals surface area contributed by atoms with Gasteiger partial charge in [0.25, 0.3) is 0 Å². The summed E-state index contributed by atoms with van der Waals surface area (Å²) in [5.74, 6) is 1.82. The Hall–Kier alpha value is 0.320. The van der Waals surface area contributed by atoms with Crippen molar-refractivity contribution in [2.45, 2.75) is 90.5 Å². The molecule has 0 amide bonds. The van der Waals surface area contributed by atoms with Gasteiger partial charge in [-0.15, -0.1) is 0 Å². The summed E-state index contributed by atoms with van der Waals surface area (Å²) in [7, 11) is -4.47. The van der Waals surface area contributed by atoms with Gasteiger partial charge in [-0.3, -0.25) is 4.57 Å². The summed E-state index contributed by atoms with van der Waals surface area (Å²) in [5.41, 5.74) is -3.46. The molecule has 0 aromatic carbocycles. The normalized spacial score (nSPS) is 13.2. The second kappa shape index (κ2) is 13.5. The van der Waals surface area contributed by atoms with Crippen molar-refractivity contribution in [3.8, 4) is 0 Å². The molecule has 152 valence electrons. The van der Waals surface area contributed by atoms with Gasteiger partial charge in [0.2, 0.25) is 0 Å². The molecule has 0 heterocycles. The zero-order valence-corrected chi connectivity index (χ0v) is 17.7. The Balaban J connectivity index is 4.13. The zero-order valence-electron chi connectivity index (χ0n) is 16.0. The number of hydrogen-bond donors (Lipinski definition) is 1. The fourth-order valence-corrected chi connectivity index (χ4v) is 5.11. The molecule has 0 aliphatic heterocycles. The van der Waals surface area contributed by atoms with Gasteiger partial charge in [0, 0.05) is 13.0 Å². The molecule has 0 aromatic heterocycles. The maximum atomic E-state index is 14.4. The average molecular weight is 405 g/mol. The van der Waals surface area contributed by atoms with Crippen LogP contribution in [0.25, 0.3) is 0 Å². The van der Waals surface area contributed by atoms with Gasteiger partial charge in [-0.05, 0) is 64.9 Å². The molecule has 0 aromatic rings. The summed E-state index contributed by atoms with van der Waals surface area (Å²) in [6, 6.07) is 0. The van der Waals surface area contributed by atoms with E-state index < -0.39 is 31.9 Å². The molecule has 1 N–H and O–H groups in total. The number of hydrogen-bond acceptors (Lipinski definition) is 5. The summed E-state index contributed by atoms with van der Waals surface area (Å²) >= 11 is 1.75. The van der Waals surface area contributed by atoms with E-state index in [2.05, 4.69) is 0 Å². The molecular weight excluding hydrogens is 369 g/mol. The van der Waals surface area contributed by atoms with E-state index in [0.717, 1.165) is 37.2 Å². The maximum Gasteiger partial charge on any atom is 0.400 e. The molecular formula is C17H35F2O4PS. The predicted molar refractivity (Wildman–Crippen MR) is 102 cm³/mol. The third-order valence-electron chi connectivity index (χ3n) is 3.31. The van der Waals surface area contributed by atoms with Crippen molar-refractivity contribution in [3.63, 3.8) is 0 Å². The number of aliphatic hydroxyl groups is 1. The van der Waals surface area contributed by atoms with Crippen LogP contribution in [0.4, 0.5) is 8.78 Å². The Bertz CT molecular complexity index is 368. The lowest BCUT2D eigenvalue weighted by Gasteiger charge is -2.29. The molecule has 0 fully saturated rings. The van der Waals surface area contributed by atoms with Crippen LogP contribution in [0, 0.1) is 0 Å². The molecule has 0 aliphatic carbocycles. The standard InChI is InChI=1S/C17H35F2O4PS/c1-15(2)22-24(21,23-16(3)4)17(18,19)11-7-10-14-25-13-9-6-5-8-12-20/h15-16,20H,5-14H2,1-4H3. The molecule has 8 heteroatoms. The molecule has 0 saturated carbocycles. The Morgan fingerprint density at radius 2 is 1.40 bits per heavy atom. The molecule has 0 saturated heterocycles. The van der Waals surface area contributed by atoms with Crippen LogP contribution >= 0.6 is 19.4 Å². The van der Waals surface area contributed by atoms with Gasteiger partial charge in [0.1, 0.15) is 0 Å². The van der Waals surface area contributed by atoms with Crippen LogP contribution in [0.15, 0.2) is 0 Å². The highest BCUT2D eigenvalue weighted by Crippen LogP contribution is 2.65. The van der Waals surface area contributed by atoms with Crippen molar-refractivity contribution in [2.75, 3.05) is 18.1 Å². The second-order valence-corrected chi connectivity index (χ2v) is 9.97. The van der Waals surface area contributed by atoms with Crippen molar-refractivity contribution in [1.82, 2.24) is 0 Å². The van der Waals surface area contributed by atoms with E-state index in [9.17, 15) is 13.3 Å². The molecule has 0 aliphatic rings. The minimum atomic E-state index is -4.47. The highest BCUT2D eigenvalue weighted by molar-refractivity contribution is 7.99. The predicted octanol–water partition coefficient (Wildman–Crippen LogP) is 6.08. The van der Waals surface area contributed by atoms with Crippen molar-refractivity contribution in [3.05, 3.63) is 0 Å². The second-order valence-electron chi connectivity index (χ2n) is 6.68. The van der Waals surface area contributed by atoms with Gasteiger partial charge in [-0.1, -0.05) is 12.8 Å². The van der Waals surface area contributed by atoms with Crippen LogP contribution in [0.5, 0.6) is 0 Å². The molecule has 25 heavy (non-hydrogen) atoms. The van der Waals surface area contributed by atoms with Crippen LogP contribution in [0.3, 0.4) is 0 Å².